The zero-order valence-electron chi connectivity index (χ0n) is 14.2. The first-order valence-corrected chi connectivity index (χ1v) is 9.84. The Kier molecular flexibility index (Phi) is 4.70. The van der Waals surface area contributed by atoms with E-state index in [1.165, 1.54) is 4.52 Å². The summed E-state index contributed by atoms with van der Waals surface area (Å²) in [6.07, 6.45) is 2.19. The molecule has 0 atom stereocenters. The van der Waals surface area contributed by atoms with Gasteiger partial charge in [-0.3, -0.25) is 9.36 Å². The Hall–Kier alpha value is -2.31. The number of para-hydroxylation sites is 1. The molecule has 2 aromatic carbocycles. The summed E-state index contributed by atoms with van der Waals surface area (Å²) in [4.78, 5) is 17.6. The Morgan fingerprint density at radius 3 is 2.65 bits per heavy atom. The molecule has 0 aliphatic carbocycles. The number of benzene rings is 2. The third-order valence-electron chi connectivity index (χ3n) is 4.13. The van der Waals surface area contributed by atoms with Crippen LogP contribution in [0.2, 0.25) is 5.02 Å². The maximum atomic E-state index is 12.9. The normalized spacial score (nSPS) is 11.5. The number of aromatic nitrogens is 4. The molecule has 0 saturated carbocycles. The first-order valence-electron chi connectivity index (χ1n) is 8.48. The van der Waals surface area contributed by atoms with Gasteiger partial charge in [-0.15, -0.1) is 5.10 Å². The van der Waals surface area contributed by atoms with Crippen molar-refractivity contribution in [3.05, 3.63) is 63.9 Å². The van der Waals surface area contributed by atoms with Crippen LogP contribution >= 0.6 is 23.4 Å². The van der Waals surface area contributed by atoms with E-state index in [0.29, 0.717) is 21.7 Å². The van der Waals surface area contributed by atoms with Gasteiger partial charge in [0.1, 0.15) is 0 Å². The van der Waals surface area contributed by atoms with Crippen molar-refractivity contribution in [1.29, 1.82) is 0 Å². The van der Waals surface area contributed by atoms with E-state index < -0.39 is 0 Å². The summed E-state index contributed by atoms with van der Waals surface area (Å²) >= 11 is 7.67. The highest BCUT2D eigenvalue weighted by Gasteiger charge is 2.17. The van der Waals surface area contributed by atoms with Gasteiger partial charge in [0.25, 0.3) is 5.56 Å². The van der Waals surface area contributed by atoms with Crippen LogP contribution < -0.4 is 5.56 Å². The largest absolute Gasteiger partial charge is 0.283 e. The Morgan fingerprint density at radius 1 is 1.12 bits per heavy atom. The first kappa shape index (κ1) is 17.1. The second-order valence-corrected chi connectivity index (χ2v) is 7.44. The molecule has 0 saturated heterocycles. The first-order chi connectivity index (χ1) is 12.7. The molecule has 0 N–H and O–H groups in total. The third kappa shape index (κ3) is 2.99. The maximum Gasteiger partial charge on any atom is 0.283 e. The van der Waals surface area contributed by atoms with Crippen molar-refractivity contribution in [1.82, 2.24) is 19.2 Å². The van der Waals surface area contributed by atoms with Crippen LogP contribution in [0.1, 0.15) is 19.8 Å². The van der Waals surface area contributed by atoms with Crippen molar-refractivity contribution in [3.8, 4) is 5.69 Å². The molecule has 0 radical (unpaired) electrons. The maximum absolute atomic E-state index is 12.9. The summed E-state index contributed by atoms with van der Waals surface area (Å²) < 4.78 is 3.32. The van der Waals surface area contributed by atoms with Crippen molar-refractivity contribution in [3.63, 3.8) is 0 Å². The molecule has 0 unspecified atom stereocenters. The van der Waals surface area contributed by atoms with Crippen LogP contribution in [0.4, 0.5) is 0 Å². The Morgan fingerprint density at radius 2 is 1.88 bits per heavy atom. The molecule has 0 bridgehead atoms. The van der Waals surface area contributed by atoms with Gasteiger partial charge in [-0.1, -0.05) is 48.8 Å². The number of hydrogen-bond donors (Lipinski definition) is 0. The number of thioether (sulfide) groups is 1. The summed E-state index contributed by atoms with van der Waals surface area (Å²) in [5, 5.41) is 6.54. The molecular weight excluding hydrogens is 368 g/mol. The summed E-state index contributed by atoms with van der Waals surface area (Å²) in [6.45, 7) is 2.15. The number of unbranched alkanes of at least 4 members (excludes halogenated alkanes) is 1. The quantitative estimate of drug-likeness (QED) is 0.373. The van der Waals surface area contributed by atoms with Crippen LogP contribution in [0.5, 0.6) is 0 Å². The highest BCUT2D eigenvalue weighted by atomic mass is 35.5. The average Bonchev–Trinajstić information content (AvgIpc) is 3.01. The minimum atomic E-state index is -0.157. The topological polar surface area (TPSA) is 52.2 Å². The van der Waals surface area contributed by atoms with Gasteiger partial charge in [-0.2, -0.15) is 4.52 Å². The third-order valence-corrected chi connectivity index (χ3v) is 5.39. The zero-order valence-corrected chi connectivity index (χ0v) is 15.8. The molecule has 0 aliphatic rings. The van der Waals surface area contributed by atoms with E-state index in [4.69, 9.17) is 16.6 Å². The summed E-state index contributed by atoms with van der Waals surface area (Å²) in [5.74, 6) is 1.44. The molecule has 2 heterocycles. The molecule has 2 aromatic heterocycles. The molecule has 0 aliphatic heterocycles. The summed E-state index contributed by atoms with van der Waals surface area (Å²) in [6, 6.07) is 14.8. The van der Waals surface area contributed by atoms with Crippen molar-refractivity contribution < 1.29 is 0 Å². The van der Waals surface area contributed by atoms with Crippen LogP contribution in [0.25, 0.3) is 22.4 Å². The van der Waals surface area contributed by atoms with Crippen LogP contribution in [-0.4, -0.2) is 24.9 Å². The average molecular weight is 385 g/mol. The number of halogens is 1. The lowest BCUT2D eigenvalue weighted by atomic mass is 10.2. The van der Waals surface area contributed by atoms with Crippen LogP contribution in [-0.2, 0) is 0 Å². The van der Waals surface area contributed by atoms with E-state index in [0.717, 1.165) is 29.4 Å². The van der Waals surface area contributed by atoms with Gasteiger partial charge in [0, 0.05) is 10.8 Å². The van der Waals surface area contributed by atoms with Gasteiger partial charge in [0.15, 0.2) is 5.16 Å². The monoisotopic (exact) mass is 384 g/mol. The number of nitrogens with zero attached hydrogens (tertiary/aromatic N) is 4. The second-order valence-electron chi connectivity index (χ2n) is 5.94. The van der Waals surface area contributed by atoms with Gasteiger partial charge < -0.3 is 0 Å². The van der Waals surface area contributed by atoms with Crippen molar-refractivity contribution in [2.24, 2.45) is 0 Å². The molecule has 0 amide bonds. The SMILES string of the molecule is CCCCSc1nn2c(=O)c3ccccc3nc2n1-c1ccc(Cl)cc1. The molecule has 4 rings (SSSR count). The lowest BCUT2D eigenvalue weighted by Gasteiger charge is -2.07. The minimum Gasteiger partial charge on any atom is -0.267 e. The molecule has 132 valence electrons. The second kappa shape index (κ2) is 7.13. The van der Waals surface area contributed by atoms with Gasteiger partial charge in [0.05, 0.1) is 16.6 Å². The molecule has 7 heteroatoms. The fraction of sp³-hybridized carbons (Fsp3) is 0.211. The van der Waals surface area contributed by atoms with E-state index in [-0.39, 0.29) is 5.56 Å². The lowest BCUT2D eigenvalue weighted by Crippen LogP contribution is -2.16. The number of fused-ring (bicyclic) bond motifs is 2. The predicted octanol–water partition coefficient (Wildman–Crippen LogP) is 4.58. The highest BCUT2D eigenvalue weighted by Crippen LogP contribution is 2.25. The Labute approximate surface area is 159 Å². The van der Waals surface area contributed by atoms with Crippen LogP contribution in [0, 0.1) is 0 Å². The van der Waals surface area contributed by atoms with Crippen LogP contribution in [0.15, 0.2) is 58.5 Å². The molecule has 26 heavy (non-hydrogen) atoms. The molecule has 4 aromatic rings. The van der Waals surface area contributed by atoms with E-state index in [9.17, 15) is 4.79 Å². The summed E-state index contributed by atoms with van der Waals surface area (Å²) in [7, 11) is 0. The Balaban J connectivity index is 1.99. The molecular formula is C19H17ClN4OS. The zero-order chi connectivity index (χ0) is 18.1. The van der Waals surface area contributed by atoms with Gasteiger partial charge >= 0.3 is 0 Å². The van der Waals surface area contributed by atoms with Gasteiger partial charge in [0.2, 0.25) is 5.78 Å². The van der Waals surface area contributed by atoms with Gasteiger partial charge in [-0.25, -0.2) is 4.98 Å². The molecule has 5 nitrogen and oxygen atoms in total. The van der Waals surface area contributed by atoms with E-state index in [2.05, 4.69) is 12.0 Å². The fourth-order valence-corrected chi connectivity index (χ4v) is 3.98. The Bertz CT molecular complexity index is 1130. The van der Waals surface area contributed by atoms with E-state index in [1.54, 1.807) is 17.8 Å². The predicted molar refractivity (Wildman–Crippen MR) is 107 cm³/mol. The molecule has 0 spiro atoms. The number of rotatable bonds is 5. The van der Waals surface area contributed by atoms with Gasteiger partial charge in [-0.05, 0) is 42.8 Å². The molecule has 0 fully saturated rings. The van der Waals surface area contributed by atoms with Crippen LogP contribution in [0.3, 0.4) is 0 Å². The fourth-order valence-electron chi connectivity index (χ4n) is 2.78. The van der Waals surface area contributed by atoms with Crippen molar-refractivity contribution in [2.45, 2.75) is 24.9 Å². The summed E-state index contributed by atoms with van der Waals surface area (Å²) in [5.41, 5.74) is 1.39. The van der Waals surface area contributed by atoms with Crippen molar-refractivity contribution in [2.75, 3.05) is 5.75 Å². The highest BCUT2D eigenvalue weighted by molar-refractivity contribution is 7.99. The smallest absolute Gasteiger partial charge is 0.267 e. The lowest BCUT2D eigenvalue weighted by molar-refractivity contribution is 0.834. The van der Waals surface area contributed by atoms with E-state index >= 15 is 0 Å². The van der Waals surface area contributed by atoms with E-state index in [1.807, 2.05) is 47.0 Å². The van der Waals surface area contributed by atoms with Crippen molar-refractivity contribution >= 4 is 40.0 Å². The standard InChI is InChI=1S/C19H17ClN4OS/c1-2-3-12-26-19-22-24-17(25)15-6-4-5-7-16(15)21-18(24)23(19)14-10-8-13(20)9-11-14/h4-11H,2-3,12H2,1H3. The minimum absolute atomic E-state index is 0.157. The number of hydrogen-bond acceptors (Lipinski definition) is 4.